The topological polar surface area (TPSA) is 64.0 Å². The van der Waals surface area contributed by atoms with Crippen molar-refractivity contribution in [3.63, 3.8) is 0 Å². The highest BCUT2D eigenvalue weighted by atomic mass is 19.1. The third kappa shape index (κ3) is 4.79. The van der Waals surface area contributed by atoms with E-state index in [-0.39, 0.29) is 17.8 Å². The molecule has 1 fully saturated rings. The highest BCUT2D eigenvalue weighted by molar-refractivity contribution is 6.00. The monoisotopic (exact) mass is 453 g/mol. The predicted octanol–water partition coefficient (Wildman–Crippen LogP) is 4.14. The van der Waals surface area contributed by atoms with Crippen LogP contribution < -0.4 is 4.74 Å². The predicted molar refractivity (Wildman–Crippen MR) is 123 cm³/mol. The van der Waals surface area contributed by atoms with Crippen molar-refractivity contribution in [2.24, 2.45) is 0 Å². The van der Waals surface area contributed by atoms with Crippen molar-refractivity contribution in [1.82, 2.24) is 14.4 Å². The number of carbonyl (C=O) groups is 2. The van der Waals surface area contributed by atoms with Crippen LogP contribution >= 0.6 is 0 Å². The smallest absolute Gasteiger partial charge is 0.409 e. The Bertz CT molecular complexity index is 1150. The van der Waals surface area contributed by atoms with Crippen LogP contribution in [0.5, 0.6) is 5.75 Å². The number of rotatable bonds is 6. The minimum atomic E-state index is -0.355. The van der Waals surface area contributed by atoms with Crippen LogP contribution in [-0.2, 0) is 11.3 Å². The summed E-state index contributed by atoms with van der Waals surface area (Å²) in [5, 5.41) is 0.837. The van der Waals surface area contributed by atoms with Crippen molar-refractivity contribution in [1.29, 1.82) is 0 Å². The molecule has 0 aliphatic carbocycles. The number of hydrogen-bond acceptors (Lipinski definition) is 4. The van der Waals surface area contributed by atoms with Crippen molar-refractivity contribution >= 4 is 22.9 Å². The van der Waals surface area contributed by atoms with Crippen LogP contribution in [-0.4, -0.2) is 65.8 Å². The number of carbonyl (C=O) groups excluding carboxylic acids is 2. The van der Waals surface area contributed by atoms with Gasteiger partial charge in [0.1, 0.15) is 17.3 Å². The molecule has 1 aliphatic rings. The van der Waals surface area contributed by atoms with Crippen molar-refractivity contribution in [3.05, 3.63) is 65.6 Å². The van der Waals surface area contributed by atoms with E-state index in [0.29, 0.717) is 57.4 Å². The molecular formula is C25H28FN3O4. The normalized spacial score (nSPS) is 13.9. The Morgan fingerprint density at radius 1 is 0.939 bits per heavy atom. The van der Waals surface area contributed by atoms with Gasteiger partial charge in [-0.3, -0.25) is 4.79 Å². The van der Waals surface area contributed by atoms with E-state index in [2.05, 4.69) is 0 Å². The lowest BCUT2D eigenvalue weighted by molar-refractivity contribution is 0.0563. The molecule has 8 heteroatoms. The molecule has 2 heterocycles. The maximum absolute atomic E-state index is 13.8. The standard InChI is InChI=1S/C25H28FN3O4/c1-3-32-23-10-6-9-21-20(23)16-22(29(21)17-18-7-5-8-19(26)15-18)24(30)27-11-13-28(14-12-27)25(31)33-4-2/h5-10,15-16H,3-4,11-14,17H2,1-2H3. The first kappa shape index (κ1) is 22.6. The first-order chi connectivity index (χ1) is 16.0. The average molecular weight is 454 g/mol. The number of nitrogens with zero attached hydrogens (tertiary/aromatic N) is 3. The summed E-state index contributed by atoms with van der Waals surface area (Å²) in [6, 6.07) is 13.9. The summed E-state index contributed by atoms with van der Waals surface area (Å²) in [6.07, 6.45) is -0.355. The molecule has 2 aromatic carbocycles. The molecule has 33 heavy (non-hydrogen) atoms. The zero-order valence-corrected chi connectivity index (χ0v) is 18.9. The van der Waals surface area contributed by atoms with Gasteiger partial charge < -0.3 is 23.8 Å². The number of amides is 2. The fraction of sp³-hybridized carbons (Fsp3) is 0.360. The van der Waals surface area contributed by atoms with Gasteiger partial charge in [0.05, 0.1) is 18.7 Å². The van der Waals surface area contributed by atoms with E-state index in [0.717, 1.165) is 16.5 Å². The van der Waals surface area contributed by atoms with Crippen molar-refractivity contribution < 1.29 is 23.5 Å². The molecule has 1 aliphatic heterocycles. The van der Waals surface area contributed by atoms with Gasteiger partial charge in [-0.05, 0) is 49.7 Å². The third-order valence-electron chi connectivity index (χ3n) is 5.75. The summed E-state index contributed by atoms with van der Waals surface area (Å²) in [7, 11) is 0. The van der Waals surface area contributed by atoms with Crippen molar-refractivity contribution in [2.75, 3.05) is 39.4 Å². The Hall–Kier alpha value is -3.55. The molecule has 0 N–H and O–H groups in total. The molecule has 0 atom stereocenters. The zero-order valence-electron chi connectivity index (χ0n) is 18.9. The Kier molecular flexibility index (Phi) is 6.82. The van der Waals surface area contributed by atoms with Crippen LogP contribution in [0.15, 0.2) is 48.5 Å². The van der Waals surface area contributed by atoms with Gasteiger partial charge in [-0.25, -0.2) is 9.18 Å². The van der Waals surface area contributed by atoms with Crippen LogP contribution in [0.1, 0.15) is 29.9 Å². The Morgan fingerprint density at radius 3 is 2.36 bits per heavy atom. The van der Waals surface area contributed by atoms with Crippen molar-refractivity contribution in [3.8, 4) is 5.75 Å². The highest BCUT2D eigenvalue weighted by Gasteiger charge is 2.28. The van der Waals surface area contributed by atoms with Gasteiger partial charge >= 0.3 is 6.09 Å². The average Bonchev–Trinajstić information content (AvgIpc) is 3.18. The molecule has 4 rings (SSSR count). The first-order valence-electron chi connectivity index (χ1n) is 11.2. The SMILES string of the molecule is CCOC(=O)N1CCN(C(=O)c2cc3c(OCC)cccc3n2Cc2cccc(F)c2)CC1. The van der Waals surface area contributed by atoms with Crippen LogP contribution in [0.4, 0.5) is 9.18 Å². The van der Waals surface area contributed by atoms with Gasteiger partial charge in [-0.15, -0.1) is 0 Å². The summed E-state index contributed by atoms with van der Waals surface area (Å²) in [6.45, 7) is 6.52. The Morgan fingerprint density at radius 2 is 1.67 bits per heavy atom. The van der Waals surface area contributed by atoms with Crippen molar-refractivity contribution in [2.45, 2.75) is 20.4 Å². The molecule has 0 saturated carbocycles. The number of hydrogen-bond donors (Lipinski definition) is 0. The quantitative estimate of drug-likeness (QED) is 0.563. The minimum Gasteiger partial charge on any atom is -0.493 e. The largest absolute Gasteiger partial charge is 0.493 e. The van der Waals surface area contributed by atoms with Crippen LogP contribution in [0.25, 0.3) is 10.9 Å². The first-order valence-corrected chi connectivity index (χ1v) is 11.2. The Labute approximate surface area is 192 Å². The third-order valence-corrected chi connectivity index (χ3v) is 5.75. The van der Waals surface area contributed by atoms with E-state index < -0.39 is 0 Å². The van der Waals surface area contributed by atoms with Gasteiger partial charge in [0.2, 0.25) is 0 Å². The second kappa shape index (κ2) is 9.94. The maximum atomic E-state index is 13.8. The van der Waals surface area contributed by atoms with Gasteiger partial charge in [0, 0.05) is 38.1 Å². The van der Waals surface area contributed by atoms with Gasteiger partial charge in [0.15, 0.2) is 0 Å². The molecule has 2 amide bonds. The molecule has 0 radical (unpaired) electrons. The van der Waals surface area contributed by atoms with E-state index >= 15 is 0 Å². The van der Waals surface area contributed by atoms with Gasteiger partial charge in [-0.1, -0.05) is 18.2 Å². The second-order valence-corrected chi connectivity index (χ2v) is 7.85. The molecule has 0 bridgehead atoms. The summed E-state index contributed by atoms with van der Waals surface area (Å²) in [5.74, 6) is 0.254. The number of benzene rings is 2. The van der Waals surface area contributed by atoms with E-state index in [1.807, 2.05) is 41.8 Å². The summed E-state index contributed by atoms with van der Waals surface area (Å²) >= 11 is 0. The van der Waals surface area contributed by atoms with E-state index in [4.69, 9.17) is 9.47 Å². The number of fused-ring (bicyclic) bond motifs is 1. The highest BCUT2D eigenvalue weighted by Crippen LogP contribution is 2.30. The molecule has 174 valence electrons. The fourth-order valence-corrected chi connectivity index (χ4v) is 4.17. The molecule has 1 aromatic heterocycles. The number of aromatic nitrogens is 1. The number of piperazine rings is 1. The molecular weight excluding hydrogens is 425 g/mol. The lowest BCUT2D eigenvalue weighted by Gasteiger charge is -2.34. The van der Waals surface area contributed by atoms with Gasteiger partial charge in [-0.2, -0.15) is 0 Å². The molecule has 7 nitrogen and oxygen atoms in total. The minimum absolute atomic E-state index is 0.131. The molecule has 0 spiro atoms. The van der Waals surface area contributed by atoms with Crippen LogP contribution in [0.3, 0.4) is 0 Å². The van der Waals surface area contributed by atoms with Crippen LogP contribution in [0, 0.1) is 5.82 Å². The van der Waals surface area contributed by atoms with Gasteiger partial charge in [0.25, 0.3) is 5.91 Å². The zero-order chi connectivity index (χ0) is 23.4. The second-order valence-electron chi connectivity index (χ2n) is 7.85. The Balaban J connectivity index is 1.66. The number of ether oxygens (including phenoxy) is 2. The molecule has 0 unspecified atom stereocenters. The number of halogens is 1. The maximum Gasteiger partial charge on any atom is 0.409 e. The van der Waals surface area contributed by atoms with E-state index in [1.165, 1.54) is 12.1 Å². The summed E-state index contributed by atoms with van der Waals surface area (Å²) in [4.78, 5) is 28.9. The lowest BCUT2D eigenvalue weighted by atomic mass is 10.2. The molecule has 1 saturated heterocycles. The lowest BCUT2D eigenvalue weighted by Crippen LogP contribution is -2.51. The molecule has 3 aromatic rings. The summed E-state index contributed by atoms with van der Waals surface area (Å²) in [5.41, 5.74) is 2.11. The summed E-state index contributed by atoms with van der Waals surface area (Å²) < 4.78 is 26.6. The van der Waals surface area contributed by atoms with Crippen LogP contribution in [0.2, 0.25) is 0 Å². The van der Waals surface area contributed by atoms with E-state index in [1.54, 1.807) is 22.8 Å². The fourth-order valence-electron chi connectivity index (χ4n) is 4.17. The van der Waals surface area contributed by atoms with E-state index in [9.17, 15) is 14.0 Å².